The first-order valence-electron chi connectivity index (χ1n) is 8.33. The molecule has 3 heteroatoms. The molecule has 1 aliphatic rings. The molecule has 1 aliphatic heterocycles. The van der Waals surface area contributed by atoms with Crippen molar-refractivity contribution < 1.29 is 0 Å². The minimum absolute atomic E-state index is 0.206. The summed E-state index contributed by atoms with van der Waals surface area (Å²) in [6.45, 7) is 11.8. The Morgan fingerprint density at radius 1 is 1.11 bits per heavy atom. The summed E-state index contributed by atoms with van der Waals surface area (Å²) < 4.78 is 0. The minimum Gasteiger partial charge on any atom is -0.296 e. The van der Waals surface area contributed by atoms with Crippen molar-refractivity contribution in [1.82, 2.24) is 10.3 Å². The molecular weight excluding hydrogens is 234 g/mol. The Bertz CT molecular complexity index is 234. The lowest BCUT2D eigenvalue weighted by Crippen LogP contribution is -2.62. The molecule has 0 amide bonds. The summed E-state index contributed by atoms with van der Waals surface area (Å²) in [7, 11) is 0. The molecule has 0 aromatic rings. The van der Waals surface area contributed by atoms with Crippen LogP contribution in [0, 0.1) is 5.92 Å². The first-order chi connectivity index (χ1) is 9.12. The van der Waals surface area contributed by atoms with Crippen LogP contribution in [0.3, 0.4) is 0 Å². The Balaban J connectivity index is 2.76. The summed E-state index contributed by atoms with van der Waals surface area (Å²) in [5.41, 5.74) is 3.35. The van der Waals surface area contributed by atoms with Crippen molar-refractivity contribution in [1.29, 1.82) is 0 Å². The molecule has 3 nitrogen and oxygen atoms in total. The summed E-state index contributed by atoms with van der Waals surface area (Å²) >= 11 is 0. The quantitative estimate of drug-likeness (QED) is 0.525. The fourth-order valence-electron chi connectivity index (χ4n) is 3.55. The van der Waals surface area contributed by atoms with Gasteiger partial charge in [-0.25, -0.2) is 0 Å². The van der Waals surface area contributed by atoms with Crippen LogP contribution in [0.4, 0.5) is 0 Å². The fourth-order valence-corrected chi connectivity index (χ4v) is 3.55. The van der Waals surface area contributed by atoms with E-state index in [0.29, 0.717) is 6.04 Å². The first kappa shape index (κ1) is 16.9. The van der Waals surface area contributed by atoms with Crippen molar-refractivity contribution in [3.05, 3.63) is 0 Å². The number of piperidine rings is 1. The van der Waals surface area contributed by atoms with Crippen LogP contribution in [0.1, 0.15) is 72.6 Å². The van der Waals surface area contributed by atoms with E-state index in [-0.39, 0.29) is 5.54 Å². The predicted octanol–water partition coefficient (Wildman–Crippen LogP) is 3.30. The van der Waals surface area contributed by atoms with Gasteiger partial charge in [0.15, 0.2) is 0 Å². The summed E-state index contributed by atoms with van der Waals surface area (Å²) in [6, 6.07) is 0.403. The van der Waals surface area contributed by atoms with E-state index in [9.17, 15) is 0 Å². The van der Waals surface area contributed by atoms with Crippen LogP contribution in [0.5, 0.6) is 0 Å². The zero-order valence-electron chi connectivity index (χ0n) is 13.5. The van der Waals surface area contributed by atoms with Gasteiger partial charge in [-0.3, -0.25) is 16.2 Å². The van der Waals surface area contributed by atoms with E-state index in [0.717, 1.165) is 5.92 Å². The Hall–Kier alpha value is -0.120. The monoisotopic (exact) mass is 269 g/mol. The maximum atomic E-state index is 5.92. The molecular formula is C16H35N3. The van der Waals surface area contributed by atoms with Gasteiger partial charge in [-0.2, -0.15) is 0 Å². The number of nitrogens with two attached hydrogens (primary N) is 1. The zero-order valence-corrected chi connectivity index (χ0v) is 13.5. The lowest BCUT2D eigenvalue weighted by Gasteiger charge is -2.48. The van der Waals surface area contributed by atoms with Gasteiger partial charge in [0.2, 0.25) is 0 Å². The average Bonchev–Trinajstić information content (AvgIpc) is 2.48. The normalized spacial score (nSPS) is 22.4. The van der Waals surface area contributed by atoms with E-state index < -0.39 is 0 Å². The molecule has 0 radical (unpaired) electrons. The molecule has 1 heterocycles. The number of hydrogen-bond donors (Lipinski definition) is 2. The summed E-state index contributed by atoms with van der Waals surface area (Å²) in [5.74, 6) is 6.71. The van der Waals surface area contributed by atoms with Crippen LogP contribution in [-0.4, -0.2) is 29.6 Å². The van der Waals surface area contributed by atoms with Gasteiger partial charge in [0.05, 0.1) is 0 Å². The highest BCUT2D eigenvalue weighted by Gasteiger charge is 2.38. The summed E-state index contributed by atoms with van der Waals surface area (Å²) in [5, 5.41) is 0. The van der Waals surface area contributed by atoms with Gasteiger partial charge in [-0.15, -0.1) is 0 Å². The highest BCUT2D eigenvalue weighted by atomic mass is 15.3. The molecule has 0 spiro atoms. The molecule has 0 bridgehead atoms. The number of nitrogens with zero attached hydrogens (tertiary/aromatic N) is 1. The van der Waals surface area contributed by atoms with Crippen LogP contribution >= 0.6 is 0 Å². The topological polar surface area (TPSA) is 41.3 Å². The van der Waals surface area contributed by atoms with Crippen LogP contribution in [0.15, 0.2) is 0 Å². The highest BCUT2D eigenvalue weighted by Crippen LogP contribution is 2.31. The van der Waals surface area contributed by atoms with Crippen LogP contribution < -0.4 is 11.3 Å². The number of rotatable bonds is 8. The lowest BCUT2D eigenvalue weighted by atomic mass is 9.80. The third-order valence-electron chi connectivity index (χ3n) is 5.47. The molecule has 2 unspecified atom stereocenters. The van der Waals surface area contributed by atoms with Crippen LogP contribution in [0.25, 0.3) is 0 Å². The maximum absolute atomic E-state index is 5.92. The molecule has 0 aromatic carbocycles. The van der Waals surface area contributed by atoms with E-state index in [2.05, 4.69) is 38.0 Å². The number of likely N-dealkylation sites (tertiary alicyclic amines) is 1. The minimum atomic E-state index is 0.206. The average molecular weight is 269 g/mol. The second kappa shape index (κ2) is 8.23. The van der Waals surface area contributed by atoms with E-state index in [1.165, 1.54) is 58.0 Å². The molecule has 0 aromatic heterocycles. The van der Waals surface area contributed by atoms with Gasteiger partial charge in [0.1, 0.15) is 0 Å². The lowest BCUT2D eigenvalue weighted by molar-refractivity contribution is 0.0344. The van der Waals surface area contributed by atoms with Gasteiger partial charge >= 0.3 is 0 Å². The number of hydrazine groups is 1. The van der Waals surface area contributed by atoms with Crippen molar-refractivity contribution >= 4 is 0 Å². The number of nitrogens with one attached hydrogen (secondary N) is 1. The number of hydrogen-bond acceptors (Lipinski definition) is 3. The fraction of sp³-hybridized carbons (Fsp3) is 1.00. The van der Waals surface area contributed by atoms with Crippen LogP contribution in [0.2, 0.25) is 0 Å². The Morgan fingerprint density at radius 3 is 2.11 bits per heavy atom. The molecule has 1 saturated heterocycles. The molecule has 19 heavy (non-hydrogen) atoms. The molecule has 1 fully saturated rings. The van der Waals surface area contributed by atoms with Crippen molar-refractivity contribution in [2.45, 2.75) is 84.2 Å². The third-order valence-corrected chi connectivity index (χ3v) is 5.47. The second-order valence-electron chi connectivity index (χ2n) is 6.40. The van der Waals surface area contributed by atoms with Crippen molar-refractivity contribution in [3.63, 3.8) is 0 Å². The van der Waals surface area contributed by atoms with Gasteiger partial charge in [0, 0.05) is 11.6 Å². The molecule has 2 atom stereocenters. The van der Waals surface area contributed by atoms with Crippen molar-refractivity contribution in [2.24, 2.45) is 11.8 Å². The van der Waals surface area contributed by atoms with Crippen molar-refractivity contribution in [2.75, 3.05) is 13.1 Å². The van der Waals surface area contributed by atoms with Gasteiger partial charge in [-0.1, -0.05) is 40.0 Å². The predicted molar refractivity (Wildman–Crippen MR) is 83.9 cm³/mol. The third kappa shape index (κ3) is 4.17. The largest absolute Gasteiger partial charge is 0.296 e. The molecule has 114 valence electrons. The summed E-state index contributed by atoms with van der Waals surface area (Å²) in [4.78, 5) is 2.68. The Labute approximate surface area is 120 Å². The zero-order chi connectivity index (χ0) is 14.3. The van der Waals surface area contributed by atoms with E-state index >= 15 is 0 Å². The molecule has 1 rings (SSSR count). The van der Waals surface area contributed by atoms with E-state index in [1.807, 2.05) is 0 Å². The smallest absolute Gasteiger partial charge is 0.0394 e. The SMILES string of the molecule is CCC(CC)CC(NN)C(C)(CC)N1CCCCC1. The highest BCUT2D eigenvalue weighted by molar-refractivity contribution is 4.97. The Kier molecular flexibility index (Phi) is 7.33. The van der Waals surface area contributed by atoms with Gasteiger partial charge in [-0.05, 0) is 51.6 Å². The van der Waals surface area contributed by atoms with Gasteiger partial charge < -0.3 is 0 Å². The molecule has 0 saturated carbocycles. The molecule has 0 aliphatic carbocycles. The first-order valence-corrected chi connectivity index (χ1v) is 8.33. The maximum Gasteiger partial charge on any atom is 0.0394 e. The molecule has 3 N–H and O–H groups in total. The van der Waals surface area contributed by atoms with Crippen LogP contribution in [-0.2, 0) is 0 Å². The van der Waals surface area contributed by atoms with E-state index in [4.69, 9.17) is 5.84 Å². The van der Waals surface area contributed by atoms with E-state index in [1.54, 1.807) is 0 Å². The second-order valence-corrected chi connectivity index (χ2v) is 6.40. The van der Waals surface area contributed by atoms with Gasteiger partial charge in [0.25, 0.3) is 0 Å². The Morgan fingerprint density at radius 2 is 1.68 bits per heavy atom. The summed E-state index contributed by atoms with van der Waals surface area (Å²) in [6.07, 6.45) is 8.97. The van der Waals surface area contributed by atoms with Crippen molar-refractivity contribution in [3.8, 4) is 0 Å². The standard InChI is InChI=1S/C16H35N3/c1-5-14(6-2)13-15(18-17)16(4,7-3)19-11-9-8-10-12-19/h14-15,18H,5-13,17H2,1-4H3.